The van der Waals surface area contributed by atoms with E-state index in [1.54, 1.807) is 7.11 Å². The van der Waals surface area contributed by atoms with Crippen LogP contribution in [0.1, 0.15) is 22.7 Å². The molecule has 0 fully saturated rings. The smallest absolute Gasteiger partial charge is 0.119 e. The van der Waals surface area contributed by atoms with Gasteiger partial charge in [-0.15, -0.1) is 0 Å². The van der Waals surface area contributed by atoms with E-state index in [1.165, 1.54) is 27.8 Å². The Hall–Kier alpha value is -2.00. The molecule has 2 aliphatic rings. The zero-order valence-electron chi connectivity index (χ0n) is 12.4. The SMILES string of the molecule is COc1ccc2c(c1)C[C@@H]1c3c(cc(O)cc3-2)CCN1C. The normalized spacial score (nSPS) is 19.8. The van der Waals surface area contributed by atoms with E-state index >= 15 is 0 Å². The Balaban J connectivity index is 1.98. The third-order valence-electron chi connectivity index (χ3n) is 4.87. The number of ether oxygens (including phenoxy) is 1. The average Bonchev–Trinajstić information content (AvgIpc) is 2.49. The van der Waals surface area contributed by atoms with E-state index in [4.69, 9.17) is 4.74 Å². The summed E-state index contributed by atoms with van der Waals surface area (Å²) in [7, 11) is 3.89. The maximum absolute atomic E-state index is 10.1. The average molecular weight is 281 g/mol. The fraction of sp³-hybridized carbons (Fsp3) is 0.333. The molecule has 0 spiro atoms. The highest BCUT2D eigenvalue weighted by molar-refractivity contribution is 5.77. The van der Waals surface area contributed by atoms with Crippen molar-refractivity contribution in [2.24, 2.45) is 0 Å². The highest BCUT2D eigenvalue weighted by Gasteiger charge is 2.33. The Morgan fingerprint density at radius 3 is 2.81 bits per heavy atom. The number of aromatic hydroxyl groups is 1. The molecule has 3 nitrogen and oxygen atoms in total. The first-order valence-corrected chi connectivity index (χ1v) is 7.40. The molecular formula is C18H19NO2. The second kappa shape index (κ2) is 4.50. The van der Waals surface area contributed by atoms with Gasteiger partial charge in [0.05, 0.1) is 7.11 Å². The van der Waals surface area contributed by atoms with Crippen LogP contribution >= 0.6 is 0 Å². The number of benzene rings is 2. The number of hydrogen-bond donors (Lipinski definition) is 1. The van der Waals surface area contributed by atoms with Gasteiger partial charge in [0.25, 0.3) is 0 Å². The van der Waals surface area contributed by atoms with Gasteiger partial charge in [0.2, 0.25) is 0 Å². The van der Waals surface area contributed by atoms with Crippen molar-refractivity contribution in [3.63, 3.8) is 0 Å². The molecule has 1 heterocycles. The summed E-state index contributed by atoms with van der Waals surface area (Å²) < 4.78 is 5.36. The van der Waals surface area contributed by atoms with E-state index in [9.17, 15) is 5.11 Å². The van der Waals surface area contributed by atoms with Crippen molar-refractivity contribution in [1.29, 1.82) is 0 Å². The zero-order valence-corrected chi connectivity index (χ0v) is 12.4. The molecule has 3 heteroatoms. The quantitative estimate of drug-likeness (QED) is 0.871. The summed E-state index contributed by atoms with van der Waals surface area (Å²) in [6.45, 7) is 1.04. The second-order valence-corrected chi connectivity index (χ2v) is 6.04. The highest BCUT2D eigenvalue weighted by Crippen LogP contribution is 2.46. The van der Waals surface area contributed by atoms with Crippen molar-refractivity contribution in [1.82, 2.24) is 4.90 Å². The minimum atomic E-state index is 0.371. The molecule has 1 N–H and O–H groups in total. The Kier molecular flexibility index (Phi) is 2.73. The van der Waals surface area contributed by atoms with Crippen LogP contribution in [0.4, 0.5) is 0 Å². The lowest BCUT2D eigenvalue weighted by Crippen LogP contribution is -2.35. The number of likely N-dealkylation sites (N-methyl/N-ethyl adjacent to an activating group) is 1. The van der Waals surface area contributed by atoms with Crippen molar-refractivity contribution in [2.75, 3.05) is 20.7 Å². The van der Waals surface area contributed by atoms with Gasteiger partial charge in [-0.05, 0) is 72.0 Å². The summed E-state index contributed by atoms with van der Waals surface area (Å²) >= 11 is 0. The summed E-state index contributed by atoms with van der Waals surface area (Å²) in [4.78, 5) is 2.42. The van der Waals surface area contributed by atoms with E-state index in [1.807, 2.05) is 18.2 Å². The largest absolute Gasteiger partial charge is 0.508 e. The van der Waals surface area contributed by atoms with Crippen LogP contribution < -0.4 is 4.74 Å². The number of fused-ring (bicyclic) bond motifs is 2. The molecule has 0 bridgehead atoms. The van der Waals surface area contributed by atoms with E-state index in [-0.39, 0.29) is 0 Å². The fourth-order valence-electron chi connectivity index (χ4n) is 3.79. The van der Waals surface area contributed by atoms with Crippen LogP contribution in [0.15, 0.2) is 30.3 Å². The maximum Gasteiger partial charge on any atom is 0.119 e. The monoisotopic (exact) mass is 281 g/mol. The zero-order chi connectivity index (χ0) is 14.6. The fourth-order valence-corrected chi connectivity index (χ4v) is 3.79. The number of phenols is 1. The first kappa shape index (κ1) is 12.7. The van der Waals surface area contributed by atoms with E-state index in [2.05, 4.69) is 24.1 Å². The summed E-state index contributed by atoms with van der Waals surface area (Å²) in [5, 5.41) is 10.1. The maximum atomic E-state index is 10.1. The van der Waals surface area contributed by atoms with E-state index in [0.717, 1.165) is 25.1 Å². The minimum Gasteiger partial charge on any atom is -0.508 e. The first-order chi connectivity index (χ1) is 10.2. The number of rotatable bonds is 1. The van der Waals surface area contributed by atoms with Gasteiger partial charge in [-0.25, -0.2) is 0 Å². The van der Waals surface area contributed by atoms with Crippen molar-refractivity contribution >= 4 is 0 Å². The van der Waals surface area contributed by atoms with Crippen LogP contribution in [0.25, 0.3) is 11.1 Å². The van der Waals surface area contributed by atoms with E-state index < -0.39 is 0 Å². The van der Waals surface area contributed by atoms with Crippen LogP contribution in [0, 0.1) is 0 Å². The second-order valence-electron chi connectivity index (χ2n) is 6.04. The number of nitrogens with zero attached hydrogens (tertiary/aromatic N) is 1. The molecule has 1 aliphatic heterocycles. The Morgan fingerprint density at radius 2 is 2.00 bits per heavy atom. The Morgan fingerprint density at radius 1 is 1.14 bits per heavy atom. The molecule has 21 heavy (non-hydrogen) atoms. The molecule has 1 aliphatic carbocycles. The Bertz CT molecular complexity index is 723. The van der Waals surface area contributed by atoms with E-state index in [0.29, 0.717) is 11.8 Å². The van der Waals surface area contributed by atoms with Gasteiger partial charge in [-0.3, -0.25) is 4.90 Å². The van der Waals surface area contributed by atoms with Crippen LogP contribution in [-0.2, 0) is 12.8 Å². The molecule has 0 aromatic heterocycles. The third-order valence-corrected chi connectivity index (χ3v) is 4.87. The van der Waals surface area contributed by atoms with Gasteiger partial charge >= 0.3 is 0 Å². The first-order valence-electron chi connectivity index (χ1n) is 7.40. The van der Waals surface area contributed by atoms with Crippen molar-refractivity contribution in [3.05, 3.63) is 47.0 Å². The molecule has 0 saturated heterocycles. The minimum absolute atomic E-state index is 0.371. The molecule has 2 aromatic carbocycles. The van der Waals surface area contributed by atoms with Gasteiger partial charge in [0.15, 0.2) is 0 Å². The van der Waals surface area contributed by atoms with Gasteiger partial charge in [0, 0.05) is 12.6 Å². The summed E-state index contributed by atoms with van der Waals surface area (Å²) in [5.41, 5.74) is 6.42. The molecule has 0 radical (unpaired) electrons. The van der Waals surface area contributed by atoms with Gasteiger partial charge in [-0.2, -0.15) is 0 Å². The summed E-state index contributed by atoms with van der Waals surface area (Å²) in [5.74, 6) is 1.27. The van der Waals surface area contributed by atoms with Crippen LogP contribution in [0.3, 0.4) is 0 Å². The van der Waals surface area contributed by atoms with Gasteiger partial charge in [0.1, 0.15) is 11.5 Å². The standard InChI is InChI=1S/C18H19NO2/c1-19-6-5-11-7-13(20)10-16-15-4-3-14(21-2)8-12(15)9-17(19)18(11)16/h3-4,7-8,10,17,20H,5-6,9H2,1-2H3/t17-/m1/s1. The molecule has 4 rings (SSSR count). The van der Waals surface area contributed by atoms with Crippen LogP contribution in [0.2, 0.25) is 0 Å². The lowest BCUT2D eigenvalue weighted by molar-refractivity contribution is 0.228. The van der Waals surface area contributed by atoms with Crippen molar-refractivity contribution < 1.29 is 9.84 Å². The molecule has 0 unspecified atom stereocenters. The summed E-state index contributed by atoms with van der Waals surface area (Å²) in [6.07, 6.45) is 2.02. The Labute approximate surface area is 124 Å². The lowest BCUT2D eigenvalue weighted by Gasteiger charge is -2.39. The molecule has 1 atom stereocenters. The highest BCUT2D eigenvalue weighted by atomic mass is 16.5. The van der Waals surface area contributed by atoms with Crippen LogP contribution in [-0.4, -0.2) is 30.7 Å². The number of phenolic OH excluding ortho intramolecular Hbond substituents is 1. The number of methoxy groups -OCH3 is 1. The number of hydrogen-bond acceptors (Lipinski definition) is 3. The summed E-state index contributed by atoms with van der Waals surface area (Å²) in [6, 6.07) is 10.5. The molecule has 0 saturated carbocycles. The van der Waals surface area contributed by atoms with Crippen LogP contribution in [0.5, 0.6) is 11.5 Å². The topological polar surface area (TPSA) is 32.7 Å². The molecule has 2 aromatic rings. The molecular weight excluding hydrogens is 262 g/mol. The molecule has 108 valence electrons. The third kappa shape index (κ3) is 1.84. The predicted octanol–water partition coefficient (Wildman–Crippen LogP) is 3.15. The molecule has 0 amide bonds. The lowest BCUT2D eigenvalue weighted by atomic mass is 9.77. The predicted molar refractivity (Wildman–Crippen MR) is 82.9 cm³/mol. The van der Waals surface area contributed by atoms with Gasteiger partial charge in [-0.1, -0.05) is 6.07 Å². The van der Waals surface area contributed by atoms with Gasteiger partial charge < -0.3 is 9.84 Å². The van der Waals surface area contributed by atoms with Crippen molar-refractivity contribution in [3.8, 4) is 22.6 Å². The van der Waals surface area contributed by atoms with Crippen molar-refractivity contribution in [2.45, 2.75) is 18.9 Å².